The highest BCUT2D eigenvalue weighted by molar-refractivity contribution is 5.89. The van der Waals surface area contributed by atoms with Gasteiger partial charge in [0.1, 0.15) is 0 Å². The van der Waals surface area contributed by atoms with Gasteiger partial charge in [-0.25, -0.2) is 14.4 Å². The Kier molecular flexibility index (Phi) is 6.53. The van der Waals surface area contributed by atoms with E-state index >= 15 is 0 Å². The van der Waals surface area contributed by atoms with Gasteiger partial charge in [-0.3, -0.25) is 14.3 Å². The molecule has 0 radical (unpaired) electrons. The summed E-state index contributed by atoms with van der Waals surface area (Å²) in [6.07, 6.45) is 2.06. The molecule has 1 fully saturated rings. The van der Waals surface area contributed by atoms with Crippen LogP contribution < -0.4 is 11.2 Å². The summed E-state index contributed by atoms with van der Waals surface area (Å²) >= 11 is 0. The van der Waals surface area contributed by atoms with E-state index in [9.17, 15) is 19.2 Å². The standard InChI is InChI=1S/C25H24N2O6/c1-16-13-27(25(31)26-22(16)28)21-12-19(14-32-23(29)17-8-4-2-5-9-17)20(21)15-33-24(30)18-10-6-3-7-11-18/h2-11,13,19-21H,12,14-15H2,1H3,(H,26,28,31)/t19-,20-,21-/m0/s1. The van der Waals surface area contributed by atoms with Crippen molar-refractivity contribution in [2.75, 3.05) is 13.2 Å². The normalized spacial score (nSPS) is 19.4. The maximum absolute atomic E-state index is 12.4. The molecule has 8 nitrogen and oxygen atoms in total. The number of ether oxygens (including phenoxy) is 2. The van der Waals surface area contributed by atoms with Crippen LogP contribution in [0.25, 0.3) is 0 Å². The molecule has 3 aromatic rings. The molecule has 4 rings (SSSR count). The molecule has 1 aliphatic carbocycles. The van der Waals surface area contributed by atoms with Crippen molar-refractivity contribution < 1.29 is 19.1 Å². The quantitative estimate of drug-likeness (QED) is 0.557. The number of benzene rings is 2. The summed E-state index contributed by atoms with van der Waals surface area (Å²) in [4.78, 5) is 51.2. The number of nitrogens with zero attached hydrogens (tertiary/aromatic N) is 1. The molecule has 170 valence electrons. The number of aromatic nitrogens is 2. The SMILES string of the molecule is Cc1cn([C@H]2C[C@@H](COC(=O)c3ccccc3)[C@@H]2COC(=O)c2ccccc2)c(=O)[nH]c1=O. The largest absolute Gasteiger partial charge is 0.462 e. The van der Waals surface area contributed by atoms with Crippen LogP contribution in [0.15, 0.2) is 76.4 Å². The summed E-state index contributed by atoms with van der Waals surface area (Å²) in [5.74, 6) is -1.27. The molecule has 3 atom stereocenters. The van der Waals surface area contributed by atoms with Crippen molar-refractivity contribution in [3.8, 4) is 0 Å². The van der Waals surface area contributed by atoms with E-state index in [-0.39, 0.29) is 31.1 Å². The van der Waals surface area contributed by atoms with E-state index in [1.165, 1.54) is 10.8 Å². The molecule has 1 saturated carbocycles. The minimum absolute atomic E-state index is 0.0521. The maximum Gasteiger partial charge on any atom is 0.338 e. The van der Waals surface area contributed by atoms with E-state index < -0.39 is 23.2 Å². The van der Waals surface area contributed by atoms with Gasteiger partial charge >= 0.3 is 17.6 Å². The monoisotopic (exact) mass is 448 g/mol. The summed E-state index contributed by atoms with van der Waals surface area (Å²) in [7, 11) is 0. The Hall–Kier alpha value is -3.94. The van der Waals surface area contributed by atoms with E-state index in [4.69, 9.17) is 9.47 Å². The third-order valence-corrected chi connectivity index (χ3v) is 6.00. The summed E-state index contributed by atoms with van der Waals surface area (Å²) in [5.41, 5.74) is 0.338. The van der Waals surface area contributed by atoms with Gasteiger partial charge in [0.2, 0.25) is 0 Å². The Bertz CT molecular complexity index is 1250. The molecule has 0 aliphatic heterocycles. The molecule has 2 aromatic carbocycles. The molecule has 1 aromatic heterocycles. The van der Waals surface area contributed by atoms with Gasteiger partial charge in [-0.05, 0) is 37.6 Å². The van der Waals surface area contributed by atoms with Gasteiger partial charge in [0.05, 0.1) is 24.3 Å². The van der Waals surface area contributed by atoms with Crippen LogP contribution in [0.1, 0.15) is 38.7 Å². The molecule has 0 spiro atoms. The number of H-pyrrole nitrogens is 1. The van der Waals surface area contributed by atoms with Crippen LogP contribution >= 0.6 is 0 Å². The Morgan fingerprint density at radius 2 is 1.45 bits per heavy atom. The molecular formula is C25H24N2O6. The second-order valence-electron chi connectivity index (χ2n) is 8.13. The molecule has 0 unspecified atom stereocenters. The maximum atomic E-state index is 12.4. The van der Waals surface area contributed by atoms with Crippen LogP contribution in [-0.4, -0.2) is 34.7 Å². The fraction of sp³-hybridized carbons (Fsp3) is 0.280. The topological polar surface area (TPSA) is 107 Å². The first-order chi connectivity index (χ1) is 15.9. The van der Waals surface area contributed by atoms with Gasteiger partial charge in [-0.15, -0.1) is 0 Å². The van der Waals surface area contributed by atoms with E-state index in [0.717, 1.165) is 0 Å². The third kappa shape index (κ3) is 4.95. The van der Waals surface area contributed by atoms with Crippen LogP contribution in [0, 0.1) is 18.8 Å². The fourth-order valence-electron chi connectivity index (χ4n) is 4.04. The van der Waals surface area contributed by atoms with Crippen molar-refractivity contribution in [1.82, 2.24) is 9.55 Å². The number of carbonyl (C=O) groups excluding carboxylic acids is 2. The lowest BCUT2D eigenvalue weighted by Crippen LogP contribution is -2.48. The number of aromatic amines is 1. The van der Waals surface area contributed by atoms with Crippen molar-refractivity contribution in [1.29, 1.82) is 0 Å². The van der Waals surface area contributed by atoms with Crippen LogP contribution in [0.4, 0.5) is 0 Å². The summed E-state index contributed by atoms with van der Waals surface area (Å²) < 4.78 is 12.5. The van der Waals surface area contributed by atoms with Crippen molar-refractivity contribution >= 4 is 11.9 Å². The van der Waals surface area contributed by atoms with Crippen molar-refractivity contribution in [2.45, 2.75) is 19.4 Å². The summed E-state index contributed by atoms with van der Waals surface area (Å²) in [6.45, 7) is 1.81. The molecule has 0 bridgehead atoms. The highest BCUT2D eigenvalue weighted by atomic mass is 16.5. The zero-order valence-electron chi connectivity index (χ0n) is 18.1. The molecule has 1 N–H and O–H groups in total. The third-order valence-electron chi connectivity index (χ3n) is 6.00. The first kappa shape index (κ1) is 22.3. The second-order valence-corrected chi connectivity index (χ2v) is 8.13. The van der Waals surface area contributed by atoms with E-state index in [0.29, 0.717) is 23.1 Å². The average Bonchev–Trinajstić information content (AvgIpc) is 2.82. The first-order valence-electron chi connectivity index (χ1n) is 10.7. The highest BCUT2D eigenvalue weighted by Gasteiger charge is 2.44. The minimum atomic E-state index is -0.519. The molecule has 0 amide bonds. The minimum Gasteiger partial charge on any atom is -0.462 e. The van der Waals surface area contributed by atoms with Gasteiger partial charge in [-0.2, -0.15) is 0 Å². The van der Waals surface area contributed by atoms with Crippen molar-refractivity contribution in [3.05, 3.63) is 104 Å². The van der Waals surface area contributed by atoms with Crippen LogP contribution in [0.5, 0.6) is 0 Å². The molecule has 1 heterocycles. The Balaban J connectivity index is 1.48. The molecule has 33 heavy (non-hydrogen) atoms. The second kappa shape index (κ2) is 9.68. The smallest absolute Gasteiger partial charge is 0.338 e. The molecule has 0 saturated heterocycles. The molecular weight excluding hydrogens is 424 g/mol. The number of carbonyl (C=O) groups is 2. The van der Waals surface area contributed by atoms with E-state index in [1.807, 2.05) is 6.07 Å². The molecule has 1 aliphatic rings. The zero-order valence-corrected chi connectivity index (χ0v) is 18.1. The molecule has 8 heteroatoms. The van der Waals surface area contributed by atoms with Crippen LogP contribution in [-0.2, 0) is 9.47 Å². The zero-order chi connectivity index (χ0) is 23.4. The van der Waals surface area contributed by atoms with Crippen LogP contribution in [0.2, 0.25) is 0 Å². The van der Waals surface area contributed by atoms with Crippen LogP contribution in [0.3, 0.4) is 0 Å². The van der Waals surface area contributed by atoms with Crippen molar-refractivity contribution in [3.63, 3.8) is 0 Å². The number of rotatable bonds is 7. The summed E-state index contributed by atoms with van der Waals surface area (Å²) in [6, 6.07) is 17.0. The highest BCUT2D eigenvalue weighted by Crippen LogP contribution is 2.44. The van der Waals surface area contributed by atoms with Gasteiger partial charge in [0.15, 0.2) is 0 Å². The average molecular weight is 448 g/mol. The Morgan fingerprint density at radius 1 is 0.909 bits per heavy atom. The van der Waals surface area contributed by atoms with Gasteiger partial charge in [-0.1, -0.05) is 36.4 Å². The Morgan fingerprint density at radius 3 is 2.03 bits per heavy atom. The van der Waals surface area contributed by atoms with Gasteiger partial charge in [0, 0.05) is 29.6 Å². The Labute approximate surface area is 189 Å². The number of nitrogens with one attached hydrogen (secondary N) is 1. The fourth-order valence-corrected chi connectivity index (χ4v) is 4.04. The first-order valence-corrected chi connectivity index (χ1v) is 10.7. The predicted octanol–water partition coefficient (Wildman–Crippen LogP) is 2.74. The lowest BCUT2D eigenvalue weighted by atomic mass is 9.69. The predicted molar refractivity (Wildman–Crippen MR) is 120 cm³/mol. The van der Waals surface area contributed by atoms with E-state index in [2.05, 4.69) is 4.98 Å². The summed E-state index contributed by atoms with van der Waals surface area (Å²) in [5, 5.41) is 0. The number of aryl methyl sites for hydroxylation is 1. The lowest BCUT2D eigenvalue weighted by molar-refractivity contribution is -0.0330. The number of hydrogen-bond donors (Lipinski definition) is 1. The lowest BCUT2D eigenvalue weighted by Gasteiger charge is -2.44. The van der Waals surface area contributed by atoms with Gasteiger partial charge < -0.3 is 9.47 Å². The number of esters is 2. The van der Waals surface area contributed by atoms with Crippen molar-refractivity contribution in [2.24, 2.45) is 11.8 Å². The number of hydrogen-bond acceptors (Lipinski definition) is 6. The van der Waals surface area contributed by atoms with Gasteiger partial charge in [0.25, 0.3) is 5.56 Å². The van der Waals surface area contributed by atoms with E-state index in [1.54, 1.807) is 61.5 Å².